The van der Waals surface area contributed by atoms with Gasteiger partial charge in [0.1, 0.15) is 6.61 Å². The van der Waals surface area contributed by atoms with Gasteiger partial charge in [0, 0.05) is 12.8 Å². The Morgan fingerprint density at radius 1 is 0.533 bits per heavy atom. The third-order valence-electron chi connectivity index (χ3n) is 5.50. The topological polar surface area (TPSA) is 52.6 Å². The van der Waals surface area contributed by atoms with Gasteiger partial charge in [-0.3, -0.25) is 9.59 Å². The van der Waals surface area contributed by atoms with Crippen molar-refractivity contribution in [2.45, 2.75) is 142 Å². The maximum Gasteiger partial charge on any atom is 0.306 e. The molecule has 0 fully saturated rings. The molecule has 0 aliphatic rings. The molecule has 0 aliphatic carbocycles. The average molecular weight is 426 g/mol. The van der Waals surface area contributed by atoms with Crippen molar-refractivity contribution >= 4 is 11.9 Å². The summed E-state index contributed by atoms with van der Waals surface area (Å²) in [5, 5.41) is 0. The molecule has 0 heterocycles. The molecule has 0 rings (SSSR count). The third-order valence-corrected chi connectivity index (χ3v) is 5.50. The van der Waals surface area contributed by atoms with Crippen LogP contribution in [-0.2, 0) is 19.1 Å². The first kappa shape index (κ1) is 28.9. The van der Waals surface area contributed by atoms with Gasteiger partial charge in [-0.2, -0.15) is 0 Å². The minimum absolute atomic E-state index is 0.0553. The number of hydrogen-bond acceptors (Lipinski definition) is 4. The number of rotatable bonds is 23. The summed E-state index contributed by atoms with van der Waals surface area (Å²) in [6.07, 6.45) is 23.0. The zero-order valence-corrected chi connectivity index (χ0v) is 20.1. The van der Waals surface area contributed by atoms with Crippen LogP contribution >= 0.6 is 0 Å². The van der Waals surface area contributed by atoms with E-state index in [2.05, 4.69) is 13.8 Å². The van der Waals surface area contributed by atoms with Crippen LogP contribution < -0.4 is 0 Å². The van der Waals surface area contributed by atoms with E-state index >= 15 is 0 Å². The Morgan fingerprint density at radius 2 is 0.900 bits per heavy atom. The molecule has 177 valence electrons. The molecule has 0 amide bonds. The third kappa shape index (κ3) is 23.2. The van der Waals surface area contributed by atoms with Gasteiger partial charge in [0.05, 0.1) is 0 Å². The zero-order chi connectivity index (χ0) is 22.1. The minimum atomic E-state index is -0.229. The van der Waals surface area contributed by atoms with Gasteiger partial charge < -0.3 is 9.47 Å². The lowest BCUT2D eigenvalue weighted by Gasteiger charge is -2.06. The molecule has 0 aromatic heterocycles. The van der Waals surface area contributed by atoms with E-state index in [1.165, 1.54) is 96.5 Å². The second kappa shape index (κ2) is 24.2. The Bertz CT molecular complexity index is 345. The second-order valence-electron chi connectivity index (χ2n) is 8.50. The van der Waals surface area contributed by atoms with Crippen molar-refractivity contribution in [1.29, 1.82) is 0 Å². The molecule has 0 aromatic rings. The summed E-state index contributed by atoms with van der Waals surface area (Å²) < 4.78 is 10.1. The highest BCUT2D eigenvalue weighted by atomic mass is 16.6. The summed E-state index contributed by atoms with van der Waals surface area (Å²) in [4.78, 5) is 23.3. The van der Waals surface area contributed by atoms with Crippen LogP contribution in [0.3, 0.4) is 0 Å². The fourth-order valence-electron chi connectivity index (χ4n) is 3.55. The maximum atomic E-state index is 11.7. The van der Waals surface area contributed by atoms with E-state index in [4.69, 9.17) is 9.47 Å². The van der Waals surface area contributed by atoms with Crippen molar-refractivity contribution < 1.29 is 19.1 Å². The summed E-state index contributed by atoms with van der Waals surface area (Å²) in [5.41, 5.74) is 0. The van der Waals surface area contributed by atoms with Crippen LogP contribution in [0.1, 0.15) is 142 Å². The van der Waals surface area contributed by atoms with Crippen molar-refractivity contribution in [3.05, 3.63) is 6.61 Å². The summed E-state index contributed by atoms with van der Waals surface area (Å²) in [5.74, 6) is -0.433. The van der Waals surface area contributed by atoms with E-state index in [-0.39, 0.29) is 18.5 Å². The lowest BCUT2D eigenvalue weighted by atomic mass is 10.1. The molecule has 1 radical (unpaired) electrons. The quantitative estimate of drug-likeness (QED) is 0.123. The summed E-state index contributed by atoms with van der Waals surface area (Å²) in [6.45, 7) is 5.84. The first-order valence-electron chi connectivity index (χ1n) is 12.9. The molecule has 4 heteroatoms. The molecular weight excluding hydrogens is 376 g/mol. The van der Waals surface area contributed by atoms with Gasteiger partial charge in [0.25, 0.3) is 0 Å². The van der Waals surface area contributed by atoms with Crippen LogP contribution in [0, 0.1) is 6.61 Å². The van der Waals surface area contributed by atoms with Gasteiger partial charge in [0.15, 0.2) is 6.61 Å². The van der Waals surface area contributed by atoms with E-state index in [0.717, 1.165) is 25.7 Å². The number of ether oxygens (including phenoxy) is 2. The number of carbonyl (C=O) groups excluding carboxylic acids is 2. The Balaban J connectivity index is 3.29. The van der Waals surface area contributed by atoms with Crippen molar-refractivity contribution in [2.75, 3.05) is 6.61 Å². The first-order valence-corrected chi connectivity index (χ1v) is 12.9. The largest absolute Gasteiger partial charge is 0.462 e. The van der Waals surface area contributed by atoms with Crippen molar-refractivity contribution in [3.8, 4) is 0 Å². The smallest absolute Gasteiger partial charge is 0.306 e. The molecule has 0 unspecified atom stereocenters. The van der Waals surface area contributed by atoms with Gasteiger partial charge in [0.2, 0.25) is 0 Å². The van der Waals surface area contributed by atoms with Crippen molar-refractivity contribution in [1.82, 2.24) is 0 Å². The van der Waals surface area contributed by atoms with Gasteiger partial charge in [-0.05, 0) is 12.8 Å². The molecule has 0 aliphatic heterocycles. The number of hydrogen-bond donors (Lipinski definition) is 0. The lowest BCUT2D eigenvalue weighted by Crippen LogP contribution is -2.10. The van der Waals surface area contributed by atoms with Crippen molar-refractivity contribution in [3.63, 3.8) is 0 Å². The molecule has 0 saturated heterocycles. The number of carbonyl (C=O) groups is 2. The van der Waals surface area contributed by atoms with Crippen LogP contribution in [0.15, 0.2) is 0 Å². The van der Waals surface area contributed by atoms with Gasteiger partial charge >= 0.3 is 11.9 Å². The average Bonchev–Trinajstić information content (AvgIpc) is 2.74. The van der Waals surface area contributed by atoms with E-state index in [9.17, 15) is 9.59 Å². The molecule has 0 bridgehead atoms. The standard InChI is InChI=1S/C26H49O4/c1-3-5-7-9-11-13-15-17-19-21-25(27)29-23-24-30-26(28)22-20-18-16-14-12-10-8-6-4-2/h23H,3-22,24H2,1-2H3. The summed E-state index contributed by atoms with van der Waals surface area (Å²) in [7, 11) is 0. The fraction of sp³-hybridized carbons (Fsp3) is 0.885. The highest BCUT2D eigenvalue weighted by Gasteiger charge is 2.06. The zero-order valence-electron chi connectivity index (χ0n) is 20.1. The minimum Gasteiger partial charge on any atom is -0.462 e. The van der Waals surface area contributed by atoms with Crippen LogP contribution in [-0.4, -0.2) is 18.5 Å². The molecule has 4 nitrogen and oxygen atoms in total. The van der Waals surface area contributed by atoms with Gasteiger partial charge in [-0.25, -0.2) is 0 Å². The van der Waals surface area contributed by atoms with E-state index in [0.29, 0.717) is 12.8 Å². The lowest BCUT2D eigenvalue weighted by molar-refractivity contribution is -0.148. The summed E-state index contributed by atoms with van der Waals surface area (Å²) in [6, 6.07) is 0. The highest BCUT2D eigenvalue weighted by Crippen LogP contribution is 2.12. The van der Waals surface area contributed by atoms with E-state index in [1.54, 1.807) is 0 Å². The predicted molar refractivity (Wildman–Crippen MR) is 125 cm³/mol. The normalized spacial score (nSPS) is 10.9. The molecule has 0 saturated carbocycles. The van der Waals surface area contributed by atoms with E-state index < -0.39 is 0 Å². The number of esters is 2. The van der Waals surface area contributed by atoms with Gasteiger partial charge in [-0.1, -0.05) is 117 Å². The molecule has 0 spiro atoms. The molecule has 0 aromatic carbocycles. The monoisotopic (exact) mass is 425 g/mol. The Labute approximate surface area is 186 Å². The van der Waals surface area contributed by atoms with Gasteiger partial charge in [-0.15, -0.1) is 0 Å². The first-order chi connectivity index (χ1) is 14.7. The number of unbranched alkanes of at least 4 members (excludes halogenated alkanes) is 16. The van der Waals surface area contributed by atoms with Crippen LogP contribution in [0.5, 0.6) is 0 Å². The highest BCUT2D eigenvalue weighted by molar-refractivity contribution is 5.70. The predicted octanol–water partition coefficient (Wildman–Crippen LogP) is 8.08. The molecule has 30 heavy (non-hydrogen) atoms. The van der Waals surface area contributed by atoms with Crippen molar-refractivity contribution in [2.24, 2.45) is 0 Å². The second-order valence-corrected chi connectivity index (χ2v) is 8.50. The SMILES string of the molecule is CCCCCCCCCCCC(=O)O[CH]COC(=O)CCCCCCCCCCC. The molecule has 0 atom stereocenters. The van der Waals surface area contributed by atoms with Crippen LogP contribution in [0.2, 0.25) is 0 Å². The Morgan fingerprint density at radius 3 is 1.33 bits per heavy atom. The molecular formula is C26H49O4. The summed E-state index contributed by atoms with van der Waals surface area (Å²) >= 11 is 0. The molecule has 0 N–H and O–H groups in total. The Kier molecular flexibility index (Phi) is 23.4. The fourth-order valence-corrected chi connectivity index (χ4v) is 3.55. The van der Waals surface area contributed by atoms with Crippen LogP contribution in [0.4, 0.5) is 0 Å². The van der Waals surface area contributed by atoms with E-state index in [1.807, 2.05) is 0 Å². The Hall–Kier alpha value is -1.06. The van der Waals surface area contributed by atoms with Crippen LogP contribution in [0.25, 0.3) is 0 Å². The maximum absolute atomic E-state index is 11.7.